The number of benzene rings is 2. The van der Waals surface area contributed by atoms with Crippen LogP contribution in [0.25, 0.3) is 0 Å². The minimum atomic E-state index is -0.277. The molecule has 0 heterocycles. The number of aliphatic hydroxyl groups is 1. The zero-order valence-electron chi connectivity index (χ0n) is 14.8. The van der Waals surface area contributed by atoms with Crippen LogP contribution in [0.15, 0.2) is 36.4 Å². The summed E-state index contributed by atoms with van der Waals surface area (Å²) in [7, 11) is 1.89. The van der Waals surface area contributed by atoms with Gasteiger partial charge >= 0.3 is 0 Å². The van der Waals surface area contributed by atoms with Gasteiger partial charge < -0.3 is 15.2 Å². The Balaban J connectivity index is 1.97. The van der Waals surface area contributed by atoms with E-state index in [1.54, 1.807) is 30.3 Å². The van der Waals surface area contributed by atoms with Crippen LogP contribution < -0.4 is 10.1 Å². The zero-order valence-corrected chi connectivity index (χ0v) is 16.3. The van der Waals surface area contributed by atoms with Crippen molar-refractivity contribution in [1.29, 1.82) is 0 Å². The number of halogens is 2. The number of rotatable bonds is 8. The van der Waals surface area contributed by atoms with Gasteiger partial charge in [-0.3, -0.25) is 9.69 Å². The summed E-state index contributed by atoms with van der Waals surface area (Å²) in [5.41, 5.74) is 2.30. The fourth-order valence-corrected chi connectivity index (χ4v) is 2.74. The molecule has 7 heteroatoms. The average molecular weight is 397 g/mol. The highest BCUT2D eigenvalue weighted by Gasteiger charge is 2.10. The summed E-state index contributed by atoms with van der Waals surface area (Å²) in [6, 6.07) is 10.6. The molecule has 2 rings (SSSR count). The van der Waals surface area contributed by atoms with Gasteiger partial charge in [-0.1, -0.05) is 29.3 Å². The van der Waals surface area contributed by atoms with E-state index in [0.29, 0.717) is 34.6 Å². The summed E-state index contributed by atoms with van der Waals surface area (Å²) in [5.74, 6) is 0.302. The van der Waals surface area contributed by atoms with E-state index >= 15 is 0 Å². The lowest BCUT2D eigenvalue weighted by Crippen LogP contribution is -2.22. The fourth-order valence-electron chi connectivity index (χ4n) is 2.40. The number of aliphatic hydroxyl groups excluding tert-OH is 1. The van der Waals surface area contributed by atoms with E-state index in [9.17, 15) is 4.79 Å². The predicted octanol–water partition coefficient (Wildman–Crippen LogP) is 3.74. The van der Waals surface area contributed by atoms with Crippen molar-refractivity contribution < 1.29 is 14.6 Å². The third-order valence-electron chi connectivity index (χ3n) is 3.83. The minimum absolute atomic E-state index is 0.0742. The first-order chi connectivity index (χ1) is 12.4. The number of nitrogens with one attached hydrogen (secondary N) is 1. The van der Waals surface area contributed by atoms with Crippen LogP contribution in [0.3, 0.4) is 0 Å². The van der Waals surface area contributed by atoms with Crippen LogP contribution in [0.2, 0.25) is 10.0 Å². The molecule has 2 N–H and O–H groups in total. The van der Waals surface area contributed by atoms with Crippen LogP contribution in [-0.2, 0) is 11.3 Å². The maximum Gasteiger partial charge on any atom is 0.262 e. The summed E-state index contributed by atoms with van der Waals surface area (Å²) >= 11 is 12.3. The molecule has 0 atom stereocenters. The number of hydrogen-bond acceptors (Lipinski definition) is 4. The molecule has 0 saturated heterocycles. The molecule has 0 aromatic heterocycles. The lowest BCUT2D eigenvalue weighted by molar-refractivity contribution is -0.118. The molecule has 0 fully saturated rings. The molecular weight excluding hydrogens is 375 g/mol. The lowest BCUT2D eigenvalue weighted by atomic mass is 10.2. The SMILES string of the molecule is Cc1c(Cl)cccc1OCC(=O)Nc1ccc(Cl)c(CN(C)CCO)c1. The smallest absolute Gasteiger partial charge is 0.262 e. The second kappa shape index (κ2) is 9.78. The van der Waals surface area contributed by atoms with Gasteiger partial charge in [-0.15, -0.1) is 0 Å². The molecule has 0 aliphatic carbocycles. The van der Waals surface area contributed by atoms with E-state index in [0.717, 1.165) is 11.1 Å². The molecule has 2 aromatic rings. The molecule has 0 aliphatic heterocycles. The molecule has 1 amide bonds. The van der Waals surface area contributed by atoms with Crippen molar-refractivity contribution in [3.63, 3.8) is 0 Å². The number of anilines is 1. The van der Waals surface area contributed by atoms with Crippen molar-refractivity contribution in [3.8, 4) is 5.75 Å². The first-order valence-electron chi connectivity index (χ1n) is 8.16. The van der Waals surface area contributed by atoms with Crippen molar-refractivity contribution in [3.05, 3.63) is 57.6 Å². The largest absolute Gasteiger partial charge is 0.483 e. The Morgan fingerprint density at radius 2 is 2.00 bits per heavy atom. The highest BCUT2D eigenvalue weighted by molar-refractivity contribution is 6.31. The minimum Gasteiger partial charge on any atom is -0.483 e. The summed E-state index contributed by atoms with van der Waals surface area (Å²) in [6.45, 7) is 2.90. The summed E-state index contributed by atoms with van der Waals surface area (Å²) < 4.78 is 5.54. The zero-order chi connectivity index (χ0) is 19.1. The van der Waals surface area contributed by atoms with Crippen LogP contribution in [0, 0.1) is 6.92 Å². The molecular formula is C19H22Cl2N2O3. The quantitative estimate of drug-likeness (QED) is 0.713. The van der Waals surface area contributed by atoms with Crippen LogP contribution in [-0.4, -0.2) is 42.7 Å². The summed E-state index contributed by atoms with van der Waals surface area (Å²) in [4.78, 5) is 14.1. The van der Waals surface area contributed by atoms with E-state index in [2.05, 4.69) is 5.32 Å². The molecule has 0 spiro atoms. The Morgan fingerprint density at radius 1 is 1.23 bits per heavy atom. The van der Waals surface area contributed by atoms with Crippen molar-refractivity contribution in [2.75, 3.05) is 32.1 Å². The molecule has 26 heavy (non-hydrogen) atoms. The number of hydrogen-bond donors (Lipinski definition) is 2. The van der Waals surface area contributed by atoms with Gasteiger partial charge in [-0.05, 0) is 49.9 Å². The van der Waals surface area contributed by atoms with Crippen molar-refractivity contribution >= 4 is 34.8 Å². The van der Waals surface area contributed by atoms with E-state index in [1.807, 2.05) is 24.9 Å². The normalized spacial score (nSPS) is 10.8. The monoisotopic (exact) mass is 396 g/mol. The van der Waals surface area contributed by atoms with Crippen molar-refractivity contribution in [2.45, 2.75) is 13.5 Å². The Bertz CT molecular complexity index is 768. The van der Waals surface area contributed by atoms with Crippen LogP contribution in [0.5, 0.6) is 5.75 Å². The first-order valence-corrected chi connectivity index (χ1v) is 8.92. The van der Waals surface area contributed by atoms with E-state index in [1.165, 1.54) is 0 Å². The number of nitrogens with zero attached hydrogens (tertiary/aromatic N) is 1. The van der Waals surface area contributed by atoms with Gasteiger partial charge in [-0.25, -0.2) is 0 Å². The standard InChI is InChI=1S/C19H22Cl2N2O3/c1-13-16(20)4-3-5-18(13)26-12-19(25)22-15-6-7-17(21)14(10-15)11-23(2)8-9-24/h3-7,10,24H,8-9,11-12H2,1-2H3,(H,22,25). The van der Waals surface area contributed by atoms with Crippen molar-refractivity contribution in [1.82, 2.24) is 4.90 Å². The molecule has 2 aromatic carbocycles. The summed E-state index contributed by atoms with van der Waals surface area (Å²) in [6.07, 6.45) is 0. The molecule has 0 aliphatic rings. The summed E-state index contributed by atoms with van der Waals surface area (Å²) in [5, 5.41) is 13.0. The number of carbonyl (C=O) groups is 1. The third kappa shape index (κ3) is 5.88. The van der Waals surface area contributed by atoms with E-state index < -0.39 is 0 Å². The Morgan fingerprint density at radius 3 is 2.73 bits per heavy atom. The molecule has 5 nitrogen and oxygen atoms in total. The van der Waals surface area contributed by atoms with Gasteiger partial charge in [0.15, 0.2) is 6.61 Å². The second-order valence-corrected chi connectivity index (χ2v) is 6.78. The second-order valence-electron chi connectivity index (χ2n) is 5.97. The van der Waals surface area contributed by atoms with Gasteiger partial charge in [-0.2, -0.15) is 0 Å². The van der Waals surface area contributed by atoms with Gasteiger partial charge in [0.25, 0.3) is 5.91 Å². The maximum atomic E-state index is 12.2. The van der Waals surface area contributed by atoms with Gasteiger partial charge in [0.05, 0.1) is 6.61 Å². The van der Waals surface area contributed by atoms with Crippen molar-refractivity contribution in [2.24, 2.45) is 0 Å². The van der Waals surface area contributed by atoms with Crippen LogP contribution in [0.1, 0.15) is 11.1 Å². The highest BCUT2D eigenvalue weighted by Crippen LogP contribution is 2.25. The Hall–Kier alpha value is -1.79. The van der Waals surface area contributed by atoms with Gasteiger partial charge in [0.1, 0.15) is 5.75 Å². The number of likely N-dealkylation sites (N-methyl/N-ethyl adjacent to an activating group) is 1. The van der Waals surface area contributed by atoms with Crippen LogP contribution >= 0.6 is 23.2 Å². The molecule has 0 unspecified atom stereocenters. The predicted molar refractivity (Wildman–Crippen MR) is 105 cm³/mol. The topological polar surface area (TPSA) is 61.8 Å². The lowest BCUT2D eigenvalue weighted by Gasteiger charge is -2.17. The van der Waals surface area contributed by atoms with Gasteiger partial charge in [0, 0.05) is 34.4 Å². The molecule has 0 radical (unpaired) electrons. The molecule has 140 valence electrons. The number of ether oxygens (including phenoxy) is 1. The Kier molecular flexibility index (Phi) is 7.72. The molecule has 0 saturated carbocycles. The maximum absolute atomic E-state index is 12.2. The van der Waals surface area contributed by atoms with Crippen LogP contribution in [0.4, 0.5) is 5.69 Å². The first kappa shape index (κ1) is 20.5. The van der Waals surface area contributed by atoms with E-state index in [4.69, 9.17) is 33.0 Å². The molecule has 0 bridgehead atoms. The van der Waals surface area contributed by atoms with E-state index in [-0.39, 0.29) is 19.1 Å². The number of carbonyl (C=O) groups excluding carboxylic acids is 1. The highest BCUT2D eigenvalue weighted by atomic mass is 35.5. The Labute approximate surface area is 163 Å². The number of amides is 1. The third-order valence-corrected chi connectivity index (χ3v) is 4.61. The fraction of sp³-hybridized carbons (Fsp3) is 0.316. The van der Waals surface area contributed by atoms with Gasteiger partial charge in [0.2, 0.25) is 0 Å². The average Bonchev–Trinajstić information content (AvgIpc) is 2.59.